The first-order valence-corrected chi connectivity index (χ1v) is 11.8. The van der Waals surface area contributed by atoms with Crippen LogP contribution in [0.3, 0.4) is 0 Å². The van der Waals surface area contributed by atoms with Crippen molar-refractivity contribution in [2.24, 2.45) is 12.2 Å². The molecule has 1 fully saturated rings. The number of amides is 2. The van der Waals surface area contributed by atoms with Crippen LogP contribution in [0.2, 0.25) is 0 Å². The summed E-state index contributed by atoms with van der Waals surface area (Å²) in [4.78, 5) is 70.2. The maximum atomic E-state index is 13.1. The van der Waals surface area contributed by atoms with Crippen LogP contribution in [0.1, 0.15) is 15.0 Å². The SMILES string of the molecule is CO/N=C(\C(=O)NC1S[C@@H]2CC(=O)N2C(C(=O)O)=C1CSc1nc(=O)c(=O)[nH]n1C)c1ccco1.[H-].[H-].[Na+].[Na+]. The van der Waals surface area contributed by atoms with Crippen molar-refractivity contribution in [1.82, 2.24) is 25.0 Å². The average molecular weight is 571 g/mol. The summed E-state index contributed by atoms with van der Waals surface area (Å²) in [5, 5.41) is 17.4. The molecule has 0 saturated carbocycles. The number of rotatable bonds is 8. The van der Waals surface area contributed by atoms with Crippen LogP contribution in [0.15, 0.2) is 54.0 Å². The van der Waals surface area contributed by atoms with Crippen LogP contribution < -0.4 is 75.5 Å². The Labute approximate surface area is 264 Å². The molecule has 2 aliphatic rings. The molecule has 2 amide bonds. The van der Waals surface area contributed by atoms with Gasteiger partial charge in [-0.15, -0.1) is 11.8 Å². The number of fused-ring (bicyclic) bond motifs is 1. The molecule has 0 radical (unpaired) electrons. The number of furan rings is 1. The van der Waals surface area contributed by atoms with Crippen LogP contribution in [0.5, 0.6) is 0 Å². The number of carbonyl (C=O) groups excluding carboxylic acids is 2. The van der Waals surface area contributed by atoms with E-state index < -0.39 is 33.7 Å². The minimum Gasteiger partial charge on any atom is -1.00 e. The molecule has 2 aromatic heterocycles. The number of hydrogen-bond acceptors (Lipinski definition) is 11. The third kappa shape index (κ3) is 6.62. The van der Waals surface area contributed by atoms with Gasteiger partial charge >= 0.3 is 76.2 Å². The normalized spacial score (nSPS) is 18.7. The predicted octanol–water partition coefficient (Wildman–Crippen LogP) is -6.48. The van der Waals surface area contributed by atoms with E-state index >= 15 is 0 Å². The van der Waals surface area contributed by atoms with E-state index in [-0.39, 0.29) is 108 Å². The summed E-state index contributed by atoms with van der Waals surface area (Å²) < 4.78 is 6.46. The molecule has 37 heavy (non-hydrogen) atoms. The summed E-state index contributed by atoms with van der Waals surface area (Å²) in [6.07, 6.45) is 1.47. The standard InChI is InChI=1S/C19H18N6O8S2.2Na.2H/c1-24-19(21-15(28)16(29)22-24)34-7-8-13(18(30)31)25-10(26)6-11(25)35-17(8)20-14(27)12(23-32-2)9-4-3-5-33-9;;;;/h3-5,11,17H,6-7H2,1-2H3,(H,20,27)(H,22,29)(H,30,31);;;;/q;2*+1;2*-1/b23-12-;;;;/t11-,17?;;;;/m1..../s1. The van der Waals surface area contributed by atoms with Gasteiger partial charge in [-0.05, 0) is 12.1 Å². The minimum absolute atomic E-state index is 0. The summed E-state index contributed by atoms with van der Waals surface area (Å²) >= 11 is 2.14. The number of carboxylic acid groups (broad SMARTS) is 1. The number of thioether (sulfide) groups is 2. The van der Waals surface area contributed by atoms with E-state index in [1.165, 1.54) is 47.8 Å². The summed E-state index contributed by atoms with van der Waals surface area (Å²) in [7, 11) is 2.72. The summed E-state index contributed by atoms with van der Waals surface area (Å²) in [6, 6.07) is 3.07. The van der Waals surface area contributed by atoms with Gasteiger partial charge in [0, 0.05) is 18.4 Å². The van der Waals surface area contributed by atoms with E-state index in [4.69, 9.17) is 9.25 Å². The van der Waals surface area contributed by atoms with E-state index in [0.29, 0.717) is 0 Å². The van der Waals surface area contributed by atoms with Crippen LogP contribution in [0, 0.1) is 0 Å². The van der Waals surface area contributed by atoms with Crippen LogP contribution in [0.4, 0.5) is 0 Å². The van der Waals surface area contributed by atoms with Crippen molar-refractivity contribution in [2.75, 3.05) is 12.9 Å². The summed E-state index contributed by atoms with van der Waals surface area (Å²) in [5.41, 5.74) is -2.14. The molecular formula is C19H20N6Na2O8S2. The smallest absolute Gasteiger partial charge is 1.00 e. The fraction of sp³-hybridized carbons (Fsp3) is 0.316. The fourth-order valence-corrected chi connectivity index (χ4v) is 5.92. The number of carbonyl (C=O) groups is 3. The van der Waals surface area contributed by atoms with Crippen LogP contribution >= 0.6 is 23.5 Å². The summed E-state index contributed by atoms with van der Waals surface area (Å²) in [6.45, 7) is 0. The second-order valence-corrected chi connectivity index (χ2v) is 9.41. The zero-order valence-corrected chi connectivity index (χ0v) is 25.8. The molecule has 1 saturated heterocycles. The Bertz CT molecular complexity index is 1380. The van der Waals surface area contributed by atoms with Gasteiger partial charge in [0.05, 0.1) is 18.1 Å². The van der Waals surface area contributed by atoms with Crippen molar-refractivity contribution in [3.05, 3.63) is 56.1 Å². The molecule has 1 unspecified atom stereocenters. The zero-order valence-electron chi connectivity index (χ0n) is 22.2. The Morgan fingerprint density at radius 2 is 2.14 bits per heavy atom. The number of hydrogen-bond donors (Lipinski definition) is 3. The molecule has 0 aliphatic carbocycles. The average Bonchev–Trinajstić information content (AvgIpc) is 3.33. The molecule has 0 aromatic carbocycles. The molecule has 14 nitrogen and oxygen atoms in total. The van der Waals surface area contributed by atoms with Gasteiger partial charge in [-0.25, -0.2) is 4.79 Å². The van der Waals surface area contributed by atoms with E-state index in [1.54, 1.807) is 6.07 Å². The van der Waals surface area contributed by atoms with Crippen LogP contribution in [-0.4, -0.2) is 71.9 Å². The van der Waals surface area contributed by atoms with Gasteiger partial charge in [-0.1, -0.05) is 16.9 Å². The number of nitrogens with zero attached hydrogens (tertiary/aromatic N) is 4. The zero-order chi connectivity index (χ0) is 25.3. The van der Waals surface area contributed by atoms with Crippen molar-refractivity contribution in [3.8, 4) is 0 Å². The number of aryl methyl sites for hydroxylation is 1. The number of β-lactam (4-membered cyclic amide) rings is 1. The molecule has 0 spiro atoms. The molecule has 4 rings (SSSR count). The topological polar surface area (TPSA) is 189 Å². The molecular weight excluding hydrogens is 550 g/mol. The Hall–Kier alpha value is -1.79. The Morgan fingerprint density at radius 1 is 1.41 bits per heavy atom. The van der Waals surface area contributed by atoms with E-state index in [1.807, 2.05) is 0 Å². The molecule has 2 atom stereocenters. The van der Waals surface area contributed by atoms with Crippen LogP contribution in [-0.2, 0) is 26.3 Å². The first kappa shape index (κ1) is 31.4. The first-order chi connectivity index (χ1) is 16.7. The Kier molecular flexibility index (Phi) is 11.3. The van der Waals surface area contributed by atoms with Gasteiger partial charge in [0.15, 0.2) is 10.9 Å². The van der Waals surface area contributed by atoms with Gasteiger partial charge in [0.1, 0.15) is 18.2 Å². The number of aliphatic carboxylic acids is 1. The second kappa shape index (κ2) is 13.3. The largest absolute Gasteiger partial charge is 1.00 e. The van der Waals surface area contributed by atoms with E-state index in [2.05, 4.69) is 20.6 Å². The second-order valence-electron chi connectivity index (χ2n) is 7.18. The van der Waals surface area contributed by atoms with E-state index in [9.17, 15) is 29.1 Å². The van der Waals surface area contributed by atoms with Gasteiger partial charge in [-0.2, -0.15) is 4.98 Å². The number of aromatic amines is 1. The van der Waals surface area contributed by atoms with Gasteiger partial charge in [-0.3, -0.25) is 33.9 Å². The van der Waals surface area contributed by atoms with E-state index in [0.717, 1.165) is 11.8 Å². The van der Waals surface area contributed by atoms with Gasteiger partial charge in [0.25, 0.3) is 5.91 Å². The number of carboxylic acids is 1. The minimum atomic E-state index is -1.35. The van der Waals surface area contributed by atoms with Gasteiger partial charge < -0.3 is 22.5 Å². The Morgan fingerprint density at radius 3 is 2.73 bits per heavy atom. The molecule has 2 aliphatic heterocycles. The third-order valence-corrected chi connectivity index (χ3v) is 7.43. The maximum Gasteiger partial charge on any atom is 1.00 e. The first-order valence-electron chi connectivity index (χ1n) is 9.91. The van der Waals surface area contributed by atoms with Crippen molar-refractivity contribution < 1.29 is 90.7 Å². The monoisotopic (exact) mass is 570 g/mol. The summed E-state index contributed by atoms with van der Waals surface area (Å²) in [5.74, 6) is -2.34. The number of H-pyrrole nitrogens is 1. The third-order valence-electron chi connectivity index (χ3n) is 4.98. The van der Waals surface area contributed by atoms with Crippen molar-refractivity contribution in [1.29, 1.82) is 0 Å². The number of nitrogens with one attached hydrogen (secondary N) is 2. The molecule has 2 aromatic rings. The molecule has 4 heterocycles. The fourth-order valence-electron chi connectivity index (χ4n) is 3.41. The van der Waals surface area contributed by atoms with Crippen molar-refractivity contribution in [3.63, 3.8) is 0 Å². The number of oxime groups is 1. The molecule has 0 bridgehead atoms. The van der Waals surface area contributed by atoms with Gasteiger partial charge in [0.2, 0.25) is 11.6 Å². The predicted molar refractivity (Wildman–Crippen MR) is 125 cm³/mol. The molecule has 3 N–H and O–H groups in total. The number of aromatic nitrogens is 3. The maximum absolute atomic E-state index is 13.1. The van der Waals surface area contributed by atoms with Crippen molar-refractivity contribution in [2.45, 2.75) is 22.3 Å². The quantitative estimate of drug-likeness (QED) is 0.0684. The Balaban J connectivity index is 0.00000361. The van der Waals surface area contributed by atoms with Crippen molar-refractivity contribution >= 4 is 47.0 Å². The molecule has 18 heteroatoms. The van der Waals surface area contributed by atoms with Crippen LogP contribution in [0.25, 0.3) is 0 Å². The molecule has 188 valence electrons.